The standard InChI is InChI=1S/C11H23N3O/c1-11(2,12)9-13-10(15)5-8-14-6-3-4-7-14/h3-9,12H2,1-2H3,(H,13,15). The van der Waals surface area contributed by atoms with E-state index < -0.39 is 0 Å². The molecule has 0 aromatic carbocycles. The molecule has 3 N–H and O–H groups in total. The van der Waals surface area contributed by atoms with Gasteiger partial charge >= 0.3 is 0 Å². The predicted octanol–water partition coefficient (Wildman–Crippen LogP) is 0.326. The molecule has 4 nitrogen and oxygen atoms in total. The summed E-state index contributed by atoms with van der Waals surface area (Å²) in [4.78, 5) is 13.8. The zero-order valence-electron chi connectivity index (χ0n) is 9.88. The van der Waals surface area contributed by atoms with Crippen LogP contribution in [0.1, 0.15) is 33.1 Å². The molecule has 1 amide bonds. The van der Waals surface area contributed by atoms with E-state index in [1.165, 1.54) is 12.8 Å². The third-order valence-corrected chi connectivity index (χ3v) is 2.59. The highest BCUT2D eigenvalue weighted by Crippen LogP contribution is 2.07. The molecule has 1 saturated heterocycles. The number of carbonyl (C=O) groups is 1. The van der Waals surface area contributed by atoms with Crippen molar-refractivity contribution in [2.45, 2.75) is 38.6 Å². The van der Waals surface area contributed by atoms with Crippen molar-refractivity contribution in [3.8, 4) is 0 Å². The lowest BCUT2D eigenvalue weighted by molar-refractivity contribution is -0.121. The molecule has 88 valence electrons. The first-order valence-corrected chi connectivity index (χ1v) is 5.75. The van der Waals surface area contributed by atoms with E-state index in [-0.39, 0.29) is 11.4 Å². The summed E-state index contributed by atoms with van der Waals surface area (Å²) < 4.78 is 0. The highest BCUT2D eigenvalue weighted by molar-refractivity contribution is 5.76. The fourth-order valence-electron chi connectivity index (χ4n) is 1.68. The topological polar surface area (TPSA) is 58.4 Å². The molecule has 15 heavy (non-hydrogen) atoms. The largest absolute Gasteiger partial charge is 0.354 e. The molecule has 0 aromatic rings. The van der Waals surface area contributed by atoms with E-state index in [0.29, 0.717) is 13.0 Å². The van der Waals surface area contributed by atoms with Crippen LogP contribution >= 0.6 is 0 Å². The first kappa shape index (κ1) is 12.5. The minimum Gasteiger partial charge on any atom is -0.354 e. The minimum atomic E-state index is -0.316. The molecule has 1 heterocycles. The van der Waals surface area contributed by atoms with E-state index in [1.807, 2.05) is 13.8 Å². The maximum absolute atomic E-state index is 11.5. The maximum Gasteiger partial charge on any atom is 0.221 e. The fourth-order valence-corrected chi connectivity index (χ4v) is 1.68. The number of hydrogen-bond acceptors (Lipinski definition) is 3. The predicted molar refractivity (Wildman–Crippen MR) is 61.6 cm³/mol. The van der Waals surface area contributed by atoms with Gasteiger partial charge in [0, 0.05) is 25.0 Å². The minimum absolute atomic E-state index is 0.112. The summed E-state index contributed by atoms with van der Waals surface area (Å²) in [5.41, 5.74) is 5.46. The molecule has 0 spiro atoms. The number of carbonyl (C=O) groups excluding carboxylic acids is 1. The number of likely N-dealkylation sites (tertiary alicyclic amines) is 1. The SMILES string of the molecule is CC(C)(N)CNC(=O)CCN1CCCC1. The van der Waals surface area contributed by atoms with Gasteiger partial charge < -0.3 is 16.0 Å². The van der Waals surface area contributed by atoms with Crippen molar-refractivity contribution in [2.24, 2.45) is 5.73 Å². The Morgan fingerprint density at radius 1 is 1.40 bits per heavy atom. The van der Waals surface area contributed by atoms with E-state index in [4.69, 9.17) is 5.73 Å². The van der Waals surface area contributed by atoms with Gasteiger partial charge in [0.25, 0.3) is 0 Å². The molecule has 1 aliphatic heterocycles. The Kier molecular flexibility index (Phi) is 4.54. The Hall–Kier alpha value is -0.610. The van der Waals surface area contributed by atoms with Crippen LogP contribution in [0.25, 0.3) is 0 Å². The van der Waals surface area contributed by atoms with Gasteiger partial charge in [-0.3, -0.25) is 4.79 Å². The average molecular weight is 213 g/mol. The van der Waals surface area contributed by atoms with Crippen LogP contribution in [0.2, 0.25) is 0 Å². The highest BCUT2D eigenvalue weighted by Gasteiger charge is 2.15. The third-order valence-electron chi connectivity index (χ3n) is 2.59. The lowest BCUT2D eigenvalue weighted by Crippen LogP contribution is -2.45. The normalized spacial score (nSPS) is 18.1. The summed E-state index contributed by atoms with van der Waals surface area (Å²) >= 11 is 0. The van der Waals surface area contributed by atoms with Crippen molar-refractivity contribution in [3.05, 3.63) is 0 Å². The van der Waals surface area contributed by atoms with Gasteiger partial charge in [-0.1, -0.05) is 0 Å². The first-order chi connectivity index (χ1) is 6.97. The van der Waals surface area contributed by atoms with E-state index in [1.54, 1.807) is 0 Å². The number of hydrogen-bond donors (Lipinski definition) is 2. The van der Waals surface area contributed by atoms with Crippen LogP contribution in [-0.4, -0.2) is 42.5 Å². The quantitative estimate of drug-likeness (QED) is 0.692. The van der Waals surface area contributed by atoms with Crippen molar-refractivity contribution in [1.29, 1.82) is 0 Å². The van der Waals surface area contributed by atoms with Crippen LogP contribution in [0.3, 0.4) is 0 Å². The molecule has 1 rings (SSSR count). The second kappa shape index (κ2) is 5.47. The maximum atomic E-state index is 11.5. The van der Waals surface area contributed by atoms with Crippen LogP contribution in [0.5, 0.6) is 0 Å². The van der Waals surface area contributed by atoms with Crippen molar-refractivity contribution in [2.75, 3.05) is 26.2 Å². The number of amides is 1. The molecular weight excluding hydrogens is 190 g/mol. The van der Waals surface area contributed by atoms with Gasteiger partial charge in [-0.05, 0) is 39.8 Å². The molecule has 0 aliphatic carbocycles. The van der Waals surface area contributed by atoms with E-state index in [0.717, 1.165) is 19.6 Å². The van der Waals surface area contributed by atoms with Gasteiger partial charge in [0.15, 0.2) is 0 Å². The summed E-state index contributed by atoms with van der Waals surface area (Å²) in [6.45, 7) is 7.55. The Morgan fingerprint density at radius 2 is 2.00 bits per heavy atom. The van der Waals surface area contributed by atoms with Gasteiger partial charge in [0.1, 0.15) is 0 Å². The van der Waals surface area contributed by atoms with Gasteiger partial charge in [-0.15, -0.1) is 0 Å². The van der Waals surface area contributed by atoms with Gasteiger partial charge in [0.2, 0.25) is 5.91 Å². The molecule has 0 unspecified atom stereocenters. The number of rotatable bonds is 5. The van der Waals surface area contributed by atoms with E-state index >= 15 is 0 Å². The zero-order valence-corrected chi connectivity index (χ0v) is 9.88. The molecular formula is C11H23N3O. The fraction of sp³-hybridized carbons (Fsp3) is 0.909. The molecule has 0 aromatic heterocycles. The lowest BCUT2D eigenvalue weighted by atomic mass is 10.1. The summed E-state index contributed by atoms with van der Waals surface area (Å²) in [7, 11) is 0. The Labute approximate surface area is 92.2 Å². The highest BCUT2D eigenvalue weighted by atomic mass is 16.1. The summed E-state index contributed by atoms with van der Waals surface area (Å²) in [6, 6.07) is 0. The van der Waals surface area contributed by atoms with Crippen molar-refractivity contribution >= 4 is 5.91 Å². The van der Waals surface area contributed by atoms with Crippen LogP contribution in [0.15, 0.2) is 0 Å². The van der Waals surface area contributed by atoms with Crippen LogP contribution < -0.4 is 11.1 Å². The summed E-state index contributed by atoms with van der Waals surface area (Å²) in [5.74, 6) is 0.112. The molecule has 0 bridgehead atoms. The van der Waals surface area contributed by atoms with Gasteiger partial charge in [-0.25, -0.2) is 0 Å². The summed E-state index contributed by atoms with van der Waals surface area (Å²) in [6.07, 6.45) is 3.14. The Bertz CT molecular complexity index is 204. The molecule has 0 radical (unpaired) electrons. The Morgan fingerprint density at radius 3 is 2.53 bits per heavy atom. The van der Waals surface area contributed by atoms with Gasteiger partial charge in [0.05, 0.1) is 0 Å². The van der Waals surface area contributed by atoms with Crippen LogP contribution in [-0.2, 0) is 4.79 Å². The smallest absolute Gasteiger partial charge is 0.221 e. The number of nitrogens with two attached hydrogens (primary N) is 1. The molecule has 0 saturated carbocycles. The van der Waals surface area contributed by atoms with Crippen molar-refractivity contribution in [3.63, 3.8) is 0 Å². The van der Waals surface area contributed by atoms with Crippen LogP contribution in [0, 0.1) is 0 Å². The number of nitrogens with zero attached hydrogens (tertiary/aromatic N) is 1. The second-order valence-corrected chi connectivity index (χ2v) is 5.06. The Balaban J connectivity index is 2.08. The monoisotopic (exact) mass is 213 g/mol. The molecule has 4 heteroatoms. The lowest BCUT2D eigenvalue weighted by Gasteiger charge is -2.19. The van der Waals surface area contributed by atoms with Crippen molar-refractivity contribution < 1.29 is 4.79 Å². The van der Waals surface area contributed by atoms with Crippen molar-refractivity contribution in [1.82, 2.24) is 10.2 Å². The zero-order chi connectivity index (χ0) is 11.3. The molecule has 1 fully saturated rings. The van der Waals surface area contributed by atoms with Gasteiger partial charge in [-0.2, -0.15) is 0 Å². The third kappa shape index (κ3) is 5.74. The molecule has 1 aliphatic rings. The first-order valence-electron chi connectivity index (χ1n) is 5.75. The number of nitrogens with one attached hydrogen (secondary N) is 1. The summed E-state index contributed by atoms with van der Waals surface area (Å²) in [5, 5.41) is 2.86. The van der Waals surface area contributed by atoms with E-state index in [9.17, 15) is 4.79 Å². The second-order valence-electron chi connectivity index (χ2n) is 5.06. The van der Waals surface area contributed by atoms with Crippen LogP contribution in [0.4, 0.5) is 0 Å². The average Bonchev–Trinajstić information content (AvgIpc) is 2.62. The molecule has 0 atom stereocenters. The van der Waals surface area contributed by atoms with E-state index in [2.05, 4.69) is 10.2 Å².